The van der Waals surface area contributed by atoms with Crippen molar-refractivity contribution >= 4 is 0 Å². The van der Waals surface area contributed by atoms with Crippen molar-refractivity contribution in [2.75, 3.05) is 59.7 Å². The first kappa shape index (κ1) is 31.2. The lowest BCUT2D eigenvalue weighted by atomic mass is 10.0. The first-order chi connectivity index (χ1) is 20.1. The lowest BCUT2D eigenvalue weighted by Crippen LogP contribution is -2.35. The average Bonchev–Trinajstić information content (AvgIpc) is 3.07. The first-order valence-electron chi connectivity index (χ1n) is 15.3. The molecule has 0 aliphatic carbocycles. The van der Waals surface area contributed by atoms with E-state index in [1.165, 1.54) is 33.4 Å². The summed E-state index contributed by atoms with van der Waals surface area (Å²) in [6.45, 7) is 14.6. The van der Waals surface area contributed by atoms with Gasteiger partial charge in [-0.15, -0.1) is 0 Å². The van der Waals surface area contributed by atoms with E-state index in [0.29, 0.717) is 0 Å². The zero-order chi connectivity index (χ0) is 28.9. The van der Waals surface area contributed by atoms with E-state index in [1.54, 1.807) is 7.11 Å². The number of methoxy groups -OCH3 is 1. The molecule has 0 amide bonds. The molecule has 1 heterocycles. The van der Waals surface area contributed by atoms with Gasteiger partial charge < -0.3 is 15.2 Å². The van der Waals surface area contributed by atoms with Crippen LogP contribution in [-0.4, -0.2) is 74.4 Å². The second-order valence-electron chi connectivity index (χ2n) is 11.4. The molecule has 1 aliphatic heterocycles. The maximum atomic E-state index is 5.90. The summed E-state index contributed by atoms with van der Waals surface area (Å²) in [5.41, 5.74) is 14.0. The first-order valence-corrected chi connectivity index (χ1v) is 15.3. The Morgan fingerprint density at radius 2 is 1.22 bits per heavy atom. The van der Waals surface area contributed by atoms with E-state index in [9.17, 15) is 0 Å². The number of rotatable bonds is 13. The molecule has 0 saturated carbocycles. The van der Waals surface area contributed by atoms with Gasteiger partial charge in [-0.3, -0.25) is 14.7 Å². The maximum absolute atomic E-state index is 5.90. The van der Waals surface area contributed by atoms with Gasteiger partial charge in [-0.05, 0) is 73.5 Å². The number of benzene rings is 3. The number of aryl methyl sites for hydroxylation is 3. The minimum atomic E-state index is 0.264. The zero-order valence-corrected chi connectivity index (χ0v) is 25.5. The fourth-order valence-electron chi connectivity index (χ4n) is 5.59. The highest BCUT2D eigenvalue weighted by atomic mass is 16.7. The molecule has 1 saturated heterocycles. The van der Waals surface area contributed by atoms with Gasteiger partial charge >= 0.3 is 0 Å². The Hall–Kier alpha value is -2.74. The molecule has 6 heteroatoms. The van der Waals surface area contributed by atoms with Crippen LogP contribution in [-0.2, 0) is 30.8 Å². The van der Waals surface area contributed by atoms with Crippen molar-refractivity contribution in [1.29, 1.82) is 0 Å². The number of ether oxygens (including phenoxy) is 2. The number of nitrogens with zero attached hydrogens (tertiary/aromatic N) is 3. The van der Waals surface area contributed by atoms with Crippen LogP contribution in [0.15, 0.2) is 66.7 Å². The normalized spacial score (nSPS) is 15.8. The van der Waals surface area contributed by atoms with Crippen molar-refractivity contribution in [3.63, 3.8) is 0 Å². The summed E-state index contributed by atoms with van der Waals surface area (Å²) in [7, 11) is 1.67. The lowest BCUT2D eigenvalue weighted by molar-refractivity contribution is 0.0497. The van der Waals surface area contributed by atoms with Gasteiger partial charge in [0.2, 0.25) is 0 Å². The molecule has 1 aliphatic rings. The van der Waals surface area contributed by atoms with E-state index < -0.39 is 0 Å². The highest BCUT2D eigenvalue weighted by molar-refractivity contribution is 5.33. The van der Waals surface area contributed by atoms with Crippen molar-refractivity contribution in [2.24, 2.45) is 5.73 Å². The molecule has 3 aromatic rings. The van der Waals surface area contributed by atoms with E-state index >= 15 is 0 Å². The molecule has 222 valence electrons. The van der Waals surface area contributed by atoms with E-state index in [0.717, 1.165) is 90.5 Å². The molecule has 2 N–H and O–H groups in total. The minimum Gasteiger partial charge on any atom is -0.467 e. The topological polar surface area (TPSA) is 54.2 Å². The minimum absolute atomic E-state index is 0.264. The Labute approximate surface area is 248 Å². The predicted octanol–water partition coefficient (Wildman–Crippen LogP) is 5.39. The third-order valence-corrected chi connectivity index (χ3v) is 8.28. The van der Waals surface area contributed by atoms with Gasteiger partial charge in [-0.1, -0.05) is 60.7 Å². The van der Waals surface area contributed by atoms with Crippen LogP contribution in [0.5, 0.6) is 5.75 Å². The van der Waals surface area contributed by atoms with Crippen molar-refractivity contribution in [3.8, 4) is 5.75 Å². The molecule has 41 heavy (non-hydrogen) atoms. The van der Waals surface area contributed by atoms with Crippen LogP contribution >= 0.6 is 0 Å². The molecule has 3 aromatic carbocycles. The van der Waals surface area contributed by atoms with E-state index in [2.05, 4.69) is 83.1 Å². The van der Waals surface area contributed by atoms with Crippen LogP contribution in [0.2, 0.25) is 0 Å². The van der Waals surface area contributed by atoms with Gasteiger partial charge in [0.1, 0.15) is 5.75 Å². The molecule has 0 spiro atoms. The van der Waals surface area contributed by atoms with Gasteiger partial charge in [0, 0.05) is 71.6 Å². The van der Waals surface area contributed by atoms with Crippen LogP contribution in [0.3, 0.4) is 0 Å². The predicted molar refractivity (Wildman–Crippen MR) is 169 cm³/mol. The third kappa shape index (κ3) is 9.94. The standard InChI is InChI=1S/C35H50N4O2/c1-29-10-4-5-12-32(29)25-37-18-20-38(26-33-13-6-7-14-35(33)41-28-40-3)21-23-39(22-19-37)27-34-24-31(11-8-9-17-36)16-15-30(34)2/h4-7,10,12-16,24H,8-9,11,17-23,25-28,36H2,1-3H3. The summed E-state index contributed by atoms with van der Waals surface area (Å²) in [6.07, 6.45) is 3.34. The van der Waals surface area contributed by atoms with Crippen LogP contribution in [0.4, 0.5) is 0 Å². The number of hydrogen-bond donors (Lipinski definition) is 1. The fourth-order valence-corrected chi connectivity index (χ4v) is 5.59. The van der Waals surface area contributed by atoms with Gasteiger partial charge in [-0.2, -0.15) is 0 Å². The Morgan fingerprint density at radius 3 is 1.85 bits per heavy atom. The van der Waals surface area contributed by atoms with Crippen molar-refractivity contribution in [1.82, 2.24) is 14.7 Å². The summed E-state index contributed by atoms with van der Waals surface area (Å²) in [6, 6.07) is 24.2. The molecule has 6 nitrogen and oxygen atoms in total. The summed E-state index contributed by atoms with van der Waals surface area (Å²) < 4.78 is 11.1. The van der Waals surface area contributed by atoms with Gasteiger partial charge in [-0.25, -0.2) is 0 Å². The Morgan fingerprint density at radius 1 is 0.659 bits per heavy atom. The highest BCUT2D eigenvalue weighted by Crippen LogP contribution is 2.21. The van der Waals surface area contributed by atoms with Gasteiger partial charge in [0.15, 0.2) is 6.79 Å². The van der Waals surface area contributed by atoms with E-state index in [-0.39, 0.29) is 6.79 Å². The largest absolute Gasteiger partial charge is 0.467 e. The monoisotopic (exact) mass is 558 g/mol. The maximum Gasteiger partial charge on any atom is 0.188 e. The van der Waals surface area contributed by atoms with E-state index in [1.807, 2.05) is 12.1 Å². The van der Waals surface area contributed by atoms with Gasteiger partial charge in [0.25, 0.3) is 0 Å². The molecular weight excluding hydrogens is 508 g/mol. The third-order valence-electron chi connectivity index (χ3n) is 8.28. The zero-order valence-electron chi connectivity index (χ0n) is 25.5. The van der Waals surface area contributed by atoms with Crippen LogP contribution in [0.25, 0.3) is 0 Å². The average molecular weight is 559 g/mol. The van der Waals surface area contributed by atoms with Crippen LogP contribution in [0, 0.1) is 13.8 Å². The second kappa shape index (κ2) is 16.6. The van der Waals surface area contributed by atoms with Crippen molar-refractivity contribution in [2.45, 2.75) is 52.7 Å². The number of nitrogens with two attached hydrogens (primary N) is 1. The Balaban J connectivity index is 1.51. The quantitative estimate of drug-likeness (QED) is 0.224. The molecule has 4 rings (SSSR count). The molecular formula is C35H50N4O2. The molecule has 0 aromatic heterocycles. The van der Waals surface area contributed by atoms with E-state index in [4.69, 9.17) is 15.2 Å². The van der Waals surface area contributed by atoms with Crippen molar-refractivity contribution in [3.05, 3.63) is 100 Å². The summed E-state index contributed by atoms with van der Waals surface area (Å²) in [4.78, 5) is 7.88. The van der Waals surface area contributed by atoms with Crippen molar-refractivity contribution < 1.29 is 9.47 Å². The molecule has 0 radical (unpaired) electrons. The van der Waals surface area contributed by atoms with Gasteiger partial charge in [0.05, 0.1) is 0 Å². The summed E-state index contributed by atoms with van der Waals surface area (Å²) in [5.74, 6) is 0.907. The summed E-state index contributed by atoms with van der Waals surface area (Å²) in [5, 5.41) is 0. The molecule has 0 atom stereocenters. The Bertz CT molecular complexity index is 1200. The SMILES string of the molecule is COCOc1ccccc1CN1CCN(Cc2ccccc2C)CCN(Cc2cc(CCCCN)ccc2C)CC1. The highest BCUT2D eigenvalue weighted by Gasteiger charge is 2.19. The smallest absolute Gasteiger partial charge is 0.188 e. The fraction of sp³-hybridized carbons (Fsp3) is 0.486. The number of unbranched alkanes of at least 4 members (excludes halogenated alkanes) is 1. The summed E-state index contributed by atoms with van der Waals surface area (Å²) >= 11 is 0. The molecule has 1 fully saturated rings. The molecule has 0 bridgehead atoms. The lowest BCUT2D eigenvalue weighted by Gasteiger charge is -2.27. The molecule has 0 unspecified atom stereocenters. The number of hydrogen-bond acceptors (Lipinski definition) is 6. The van der Waals surface area contributed by atoms with Crippen LogP contribution < -0.4 is 10.5 Å². The second-order valence-corrected chi connectivity index (χ2v) is 11.4. The Kier molecular flexibility index (Phi) is 12.7. The number of para-hydroxylation sites is 1. The van der Waals surface area contributed by atoms with Crippen LogP contribution in [0.1, 0.15) is 46.2 Å².